The van der Waals surface area contributed by atoms with Gasteiger partial charge in [0.2, 0.25) is 0 Å². The molecule has 0 heterocycles. The number of benzene rings is 2. The molecule has 0 atom stereocenters. The van der Waals surface area contributed by atoms with Crippen molar-refractivity contribution < 1.29 is 4.74 Å². The van der Waals surface area contributed by atoms with Crippen molar-refractivity contribution in [3.05, 3.63) is 59.7 Å². The van der Waals surface area contributed by atoms with Crippen LogP contribution in [0.3, 0.4) is 0 Å². The first-order valence-electron chi connectivity index (χ1n) is 13.5. The van der Waals surface area contributed by atoms with Crippen molar-refractivity contribution in [3.8, 4) is 11.1 Å². The van der Waals surface area contributed by atoms with E-state index in [1.807, 2.05) is 0 Å². The van der Waals surface area contributed by atoms with Crippen molar-refractivity contribution in [2.24, 2.45) is 11.8 Å². The molecule has 2 aliphatic rings. The third-order valence-corrected chi connectivity index (χ3v) is 8.19. The molecule has 2 aromatic carbocycles. The van der Waals surface area contributed by atoms with Gasteiger partial charge in [-0.15, -0.1) is 0 Å². The van der Waals surface area contributed by atoms with Gasteiger partial charge < -0.3 is 4.74 Å². The highest BCUT2D eigenvalue weighted by atomic mass is 16.5. The van der Waals surface area contributed by atoms with Crippen LogP contribution in [0.4, 0.5) is 0 Å². The van der Waals surface area contributed by atoms with Gasteiger partial charge in [0.15, 0.2) is 0 Å². The summed E-state index contributed by atoms with van der Waals surface area (Å²) >= 11 is 0. The normalized spacial score (nSPS) is 26.2. The minimum Gasteiger partial charge on any atom is -0.381 e. The lowest BCUT2D eigenvalue weighted by molar-refractivity contribution is 0.0832. The van der Waals surface area contributed by atoms with Crippen LogP contribution in [0.5, 0.6) is 0 Å². The summed E-state index contributed by atoms with van der Waals surface area (Å²) in [5, 5.41) is 0. The van der Waals surface area contributed by atoms with E-state index in [1.165, 1.54) is 80.9 Å². The fourth-order valence-corrected chi connectivity index (χ4v) is 6.14. The molecule has 0 bridgehead atoms. The summed E-state index contributed by atoms with van der Waals surface area (Å²) in [5.41, 5.74) is 5.80. The Hall–Kier alpha value is -1.60. The van der Waals surface area contributed by atoms with Crippen LogP contribution in [-0.4, -0.2) is 13.2 Å². The van der Waals surface area contributed by atoms with E-state index in [0.29, 0.717) is 0 Å². The van der Waals surface area contributed by atoms with Gasteiger partial charge in [-0.25, -0.2) is 0 Å². The Morgan fingerprint density at radius 2 is 1.06 bits per heavy atom. The maximum atomic E-state index is 5.79. The highest BCUT2D eigenvalue weighted by Gasteiger charge is 2.23. The minimum atomic E-state index is 0.733. The summed E-state index contributed by atoms with van der Waals surface area (Å²) in [6.45, 7) is 6.40. The quantitative estimate of drug-likeness (QED) is 0.359. The topological polar surface area (TPSA) is 9.23 Å². The second-order valence-electron chi connectivity index (χ2n) is 10.5. The highest BCUT2D eigenvalue weighted by Crippen LogP contribution is 2.39. The molecule has 0 radical (unpaired) electrons. The van der Waals surface area contributed by atoms with Gasteiger partial charge in [0, 0.05) is 13.2 Å². The molecule has 0 spiro atoms. The fourth-order valence-electron chi connectivity index (χ4n) is 6.14. The van der Waals surface area contributed by atoms with Crippen LogP contribution in [0.1, 0.15) is 107 Å². The van der Waals surface area contributed by atoms with Gasteiger partial charge >= 0.3 is 0 Å². The maximum Gasteiger partial charge on any atom is 0.0494 e. The molecular formula is C31H44O. The summed E-state index contributed by atoms with van der Waals surface area (Å²) < 4.78 is 5.79. The first kappa shape index (κ1) is 23.6. The molecule has 0 unspecified atom stereocenters. The average molecular weight is 433 g/mol. The molecular weight excluding hydrogens is 388 g/mol. The SMILES string of the molecule is CCCOC[C@H]1CC[C@H](c2ccc(-c3ccc([C@H]4CC[C@H](CCC)CC4)cc3)cc2)CC1. The average Bonchev–Trinajstić information content (AvgIpc) is 2.86. The molecule has 1 heteroatoms. The second-order valence-corrected chi connectivity index (χ2v) is 10.5. The molecule has 2 fully saturated rings. The van der Waals surface area contributed by atoms with Crippen LogP contribution in [0, 0.1) is 11.8 Å². The van der Waals surface area contributed by atoms with E-state index in [-0.39, 0.29) is 0 Å². The Morgan fingerprint density at radius 3 is 1.50 bits per heavy atom. The van der Waals surface area contributed by atoms with Gasteiger partial charge in [0.25, 0.3) is 0 Å². The van der Waals surface area contributed by atoms with Gasteiger partial charge in [0.1, 0.15) is 0 Å². The molecule has 174 valence electrons. The van der Waals surface area contributed by atoms with Crippen molar-refractivity contribution in [3.63, 3.8) is 0 Å². The molecule has 0 aromatic heterocycles. The Labute approximate surface area is 197 Å². The lowest BCUT2D eigenvalue weighted by Gasteiger charge is -2.29. The van der Waals surface area contributed by atoms with Crippen molar-refractivity contribution in [1.82, 2.24) is 0 Å². The first-order valence-corrected chi connectivity index (χ1v) is 13.5. The molecule has 2 saturated carbocycles. The van der Waals surface area contributed by atoms with E-state index in [9.17, 15) is 0 Å². The number of ether oxygens (including phenoxy) is 1. The predicted octanol–water partition coefficient (Wildman–Crippen LogP) is 9.13. The number of hydrogen-bond donors (Lipinski definition) is 0. The Kier molecular flexibility index (Phi) is 8.85. The van der Waals surface area contributed by atoms with Gasteiger partial charge in [-0.05, 0) is 104 Å². The Morgan fingerprint density at radius 1 is 0.594 bits per heavy atom. The maximum absolute atomic E-state index is 5.79. The summed E-state index contributed by atoms with van der Waals surface area (Å²) in [4.78, 5) is 0. The standard InChI is InChI=1S/C31H44O/c1-3-5-24-6-10-26(11-7-24)28-14-18-30(19-15-28)31-20-16-29(17-21-31)27-12-8-25(9-13-27)23-32-22-4-2/h14-21,24-27H,3-13,22-23H2,1-2H3/t24-,25-,26-,27-. The van der Waals surface area contributed by atoms with Crippen molar-refractivity contribution in [2.45, 2.75) is 96.3 Å². The van der Waals surface area contributed by atoms with E-state index in [4.69, 9.17) is 4.74 Å². The first-order chi connectivity index (χ1) is 15.8. The molecule has 4 rings (SSSR count). The van der Waals surface area contributed by atoms with Crippen LogP contribution >= 0.6 is 0 Å². The van der Waals surface area contributed by atoms with Crippen LogP contribution in [-0.2, 0) is 4.74 Å². The van der Waals surface area contributed by atoms with Crippen LogP contribution in [0.2, 0.25) is 0 Å². The molecule has 1 nitrogen and oxygen atoms in total. The van der Waals surface area contributed by atoms with E-state index in [0.717, 1.165) is 43.3 Å². The zero-order valence-corrected chi connectivity index (χ0v) is 20.5. The van der Waals surface area contributed by atoms with Crippen molar-refractivity contribution in [1.29, 1.82) is 0 Å². The zero-order valence-electron chi connectivity index (χ0n) is 20.5. The molecule has 0 aliphatic heterocycles. The van der Waals surface area contributed by atoms with E-state index >= 15 is 0 Å². The number of rotatable bonds is 9. The van der Waals surface area contributed by atoms with Gasteiger partial charge in [-0.3, -0.25) is 0 Å². The third kappa shape index (κ3) is 6.25. The highest BCUT2D eigenvalue weighted by molar-refractivity contribution is 5.64. The monoisotopic (exact) mass is 432 g/mol. The zero-order chi connectivity index (χ0) is 22.2. The van der Waals surface area contributed by atoms with E-state index in [1.54, 1.807) is 5.56 Å². The lowest BCUT2D eigenvalue weighted by Crippen LogP contribution is -2.18. The summed E-state index contributed by atoms with van der Waals surface area (Å²) in [6.07, 6.45) is 14.8. The van der Waals surface area contributed by atoms with Crippen LogP contribution in [0.15, 0.2) is 48.5 Å². The number of hydrogen-bond acceptors (Lipinski definition) is 1. The Bertz CT molecular complexity index is 774. The third-order valence-electron chi connectivity index (χ3n) is 8.19. The minimum absolute atomic E-state index is 0.733. The molecule has 2 aromatic rings. The van der Waals surface area contributed by atoms with E-state index in [2.05, 4.69) is 62.4 Å². The van der Waals surface area contributed by atoms with Gasteiger partial charge in [-0.1, -0.05) is 75.2 Å². The molecule has 0 saturated heterocycles. The summed E-state index contributed by atoms with van der Waals surface area (Å²) in [6, 6.07) is 19.0. The van der Waals surface area contributed by atoms with Crippen LogP contribution in [0.25, 0.3) is 11.1 Å². The molecule has 0 N–H and O–H groups in total. The predicted molar refractivity (Wildman–Crippen MR) is 137 cm³/mol. The van der Waals surface area contributed by atoms with E-state index < -0.39 is 0 Å². The van der Waals surface area contributed by atoms with Crippen LogP contribution < -0.4 is 0 Å². The molecule has 2 aliphatic carbocycles. The molecule has 32 heavy (non-hydrogen) atoms. The van der Waals surface area contributed by atoms with Crippen molar-refractivity contribution in [2.75, 3.05) is 13.2 Å². The second kappa shape index (κ2) is 12.0. The smallest absolute Gasteiger partial charge is 0.0494 e. The van der Waals surface area contributed by atoms with Crippen molar-refractivity contribution >= 4 is 0 Å². The lowest BCUT2D eigenvalue weighted by atomic mass is 9.77. The van der Waals surface area contributed by atoms with Gasteiger partial charge in [0.05, 0.1) is 0 Å². The molecule has 0 amide bonds. The largest absolute Gasteiger partial charge is 0.381 e. The summed E-state index contributed by atoms with van der Waals surface area (Å²) in [7, 11) is 0. The Balaban J connectivity index is 1.29. The fraction of sp³-hybridized carbons (Fsp3) is 0.613. The summed E-state index contributed by atoms with van der Waals surface area (Å²) in [5.74, 6) is 3.27. The van der Waals surface area contributed by atoms with Gasteiger partial charge in [-0.2, -0.15) is 0 Å².